The minimum atomic E-state index is 0.274. The maximum absolute atomic E-state index is 11.4. The first-order chi connectivity index (χ1) is 6.72. The van der Waals surface area contributed by atoms with Crippen LogP contribution in [0, 0.1) is 6.92 Å². The van der Waals surface area contributed by atoms with E-state index in [4.69, 9.17) is 0 Å². The molecule has 1 nitrogen and oxygen atoms in total. The summed E-state index contributed by atoms with van der Waals surface area (Å²) in [6, 6.07) is 8.08. The van der Waals surface area contributed by atoms with Crippen LogP contribution in [0.3, 0.4) is 0 Å². The molecule has 0 aliphatic heterocycles. The molecule has 0 spiro atoms. The van der Waals surface area contributed by atoms with Gasteiger partial charge in [0.15, 0.2) is 5.12 Å². The third-order valence-corrected chi connectivity index (χ3v) is 2.93. The van der Waals surface area contributed by atoms with E-state index < -0.39 is 0 Å². The number of unbranched alkanes of at least 4 members (excludes halogenated alkanes) is 1. The number of hydrogen-bond acceptors (Lipinski definition) is 2. The zero-order valence-corrected chi connectivity index (χ0v) is 9.56. The van der Waals surface area contributed by atoms with Gasteiger partial charge in [-0.25, -0.2) is 0 Å². The first-order valence-electron chi connectivity index (χ1n) is 4.99. The topological polar surface area (TPSA) is 17.1 Å². The summed E-state index contributed by atoms with van der Waals surface area (Å²) in [5.41, 5.74) is 1.23. The summed E-state index contributed by atoms with van der Waals surface area (Å²) in [4.78, 5) is 12.5. The lowest BCUT2D eigenvalue weighted by Gasteiger charge is -2.00. The molecule has 0 N–H and O–H groups in total. The minimum absolute atomic E-state index is 0.274. The van der Waals surface area contributed by atoms with E-state index in [-0.39, 0.29) is 5.12 Å². The van der Waals surface area contributed by atoms with E-state index in [1.807, 2.05) is 31.2 Å². The predicted octanol–water partition coefficient (Wildman–Crippen LogP) is 3.80. The van der Waals surface area contributed by atoms with Crippen LogP contribution in [0.1, 0.15) is 31.7 Å². The highest BCUT2D eigenvalue weighted by atomic mass is 32.2. The first kappa shape index (κ1) is 11.3. The van der Waals surface area contributed by atoms with E-state index in [0.29, 0.717) is 6.42 Å². The molecule has 0 heterocycles. The van der Waals surface area contributed by atoms with E-state index in [1.165, 1.54) is 17.3 Å². The highest BCUT2D eigenvalue weighted by Gasteiger charge is 2.03. The van der Waals surface area contributed by atoms with Crippen molar-refractivity contribution in [1.82, 2.24) is 0 Å². The van der Waals surface area contributed by atoms with Gasteiger partial charge in [-0.05, 0) is 25.5 Å². The molecule has 2 heteroatoms. The quantitative estimate of drug-likeness (QED) is 0.700. The number of carbonyl (C=O) groups is 1. The highest BCUT2D eigenvalue weighted by molar-refractivity contribution is 8.13. The Balaban J connectivity index is 2.44. The van der Waals surface area contributed by atoms with Gasteiger partial charge in [-0.1, -0.05) is 42.8 Å². The smallest absolute Gasteiger partial charge is 0.193 e. The van der Waals surface area contributed by atoms with Crippen molar-refractivity contribution in [3.63, 3.8) is 0 Å². The molecule has 76 valence electrons. The zero-order chi connectivity index (χ0) is 10.4. The van der Waals surface area contributed by atoms with Crippen molar-refractivity contribution in [3.05, 3.63) is 29.8 Å². The Morgan fingerprint density at radius 1 is 1.29 bits per heavy atom. The summed E-state index contributed by atoms with van der Waals surface area (Å²) in [5.74, 6) is 0. The molecule has 0 saturated carbocycles. The van der Waals surface area contributed by atoms with Crippen molar-refractivity contribution in [2.45, 2.75) is 38.0 Å². The van der Waals surface area contributed by atoms with Crippen LogP contribution < -0.4 is 0 Å². The molecule has 1 rings (SSSR count). The molecule has 1 aromatic carbocycles. The largest absolute Gasteiger partial charge is 0.287 e. The molecule has 0 aliphatic carbocycles. The van der Waals surface area contributed by atoms with Crippen molar-refractivity contribution in [1.29, 1.82) is 0 Å². The van der Waals surface area contributed by atoms with E-state index in [0.717, 1.165) is 17.7 Å². The van der Waals surface area contributed by atoms with Crippen LogP contribution in [0.2, 0.25) is 0 Å². The molecule has 0 unspecified atom stereocenters. The van der Waals surface area contributed by atoms with Gasteiger partial charge in [0.2, 0.25) is 0 Å². The van der Waals surface area contributed by atoms with E-state index >= 15 is 0 Å². The van der Waals surface area contributed by atoms with Gasteiger partial charge < -0.3 is 0 Å². The lowest BCUT2D eigenvalue weighted by atomic mass is 10.2. The Kier molecular flexibility index (Phi) is 4.74. The van der Waals surface area contributed by atoms with Gasteiger partial charge in [-0.2, -0.15) is 0 Å². The summed E-state index contributed by atoms with van der Waals surface area (Å²) in [7, 11) is 0. The lowest BCUT2D eigenvalue weighted by molar-refractivity contribution is -0.111. The fourth-order valence-corrected chi connectivity index (χ4v) is 1.89. The van der Waals surface area contributed by atoms with Crippen molar-refractivity contribution >= 4 is 16.9 Å². The molecular weight excluding hydrogens is 192 g/mol. The second-order valence-corrected chi connectivity index (χ2v) is 4.52. The Morgan fingerprint density at radius 2 is 1.93 bits per heavy atom. The average Bonchev–Trinajstić information content (AvgIpc) is 2.18. The van der Waals surface area contributed by atoms with Crippen LogP contribution in [0.25, 0.3) is 0 Å². The summed E-state index contributed by atoms with van der Waals surface area (Å²) in [6.07, 6.45) is 2.77. The van der Waals surface area contributed by atoms with Crippen molar-refractivity contribution in [2.75, 3.05) is 0 Å². The number of hydrogen-bond donors (Lipinski definition) is 0. The second-order valence-electron chi connectivity index (χ2n) is 3.39. The Bertz CT molecular complexity index is 290. The summed E-state index contributed by atoms with van der Waals surface area (Å²) < 4.78 is 0. The molecule has 0 fully saturated rings. The molecule has 0 bridgehead atoms. The van der Waals surface area contributed by atoms with Crippen LogP contribution in [0.5, 0.6) is 0 Å². The first-order valence-corrected chi connectivity index (χ1v) is 5.81. The lowest BCUT2D eigenvalue weighted by Crippen LogP contribution is -1.90. The molecule has 0 saturated heterocycles. The van der Waals surface area contributed by atoms with E-state index in [2.05, 4.69) is 6.92 Å². The van der Waals surface area contributed by atoms with Gasteiger partial charge in [0.05, 0.1) is 0 Å². The third kappa shape index (κ3) is 3.97. The van der Waals surface area contributed by atoms with Crippen LogP contribution >= 0.6 is 11.8 Å². The number of benzene rings is 1. The van der Waals surface area contributed by atoms with Crippen molar-refractivity contribution in [3.8, 4) is 0 Å². The standard InChI is InChI=1S/C12H16OS/c1-3-4-5-12(13)14-11-8-6-10(2)7-9-11/h6-9H,3-5H2,1-2H3. The predicted molar refractivity (Wildman–Crippen MR) is 61.6 cm³/mol. The Labute approximate surface area is 89.9 Å². The molecule has 0 aromatic heterocycles. The Morgan fingerprint density at radius 3 is 2.50 bits per heavy atom. The van der Waals surface area contributed by atoms with E-state index in [9.17, 15) is 4.79 Å². The highest BCUT2D eigenvalue weighted by Crippen LogP contribution is 2.21. The number of rotatable bonds is 4. The number of carbonyl (C=O) groups excluding carboxylic acids is 1. The maximum atomic E-state index is 11.4. The maximum Gasteiger partial charge on any atom is 0.193 e. The van der Waals surface area contributed by atoms with E-state index in [1.54, 1.807) is 0 Å². The molecule has 0 atom stereocenters. The van der Waals surface area contributed by atoms with Crippen LogP contribution in [0.15, 0.2) is 29.2 Å². The SMILES string of the molecule is CCCCC(=O)Sc1ccc(C)cc1. The van der Waals surface area contributed by atoms with Crippen LogP contribution in [-0.4, -0.2) is 5.12 Å². The molecule has 0 radical (unpaired) electrons. The molecular formula is C12H16OS. The van der Waals surface area contributed by atoms with Gasteiger partial charge in [-0.3, -0.25) is 4.79 Å². The van der Waals surface area contributed by atoms with Gasteiger partial charge >= 0.3 is 0 Å². The van der Waals surface area contributed by atoms with Crippen LogP contribution in [0.4, 0.5) is 0 Å². The molecule has 1 aromatic rings. The Hall–Kier alpha value is -0.760. The summed E-state index contributed by atoms with van der Waals surface area (Å²) in [6.45, 7) is 4.15. The summed E-state index contributed by atoms with van der Waals surface area (Å²) in [5, 5.41) is 0.274. The summed E-state index contributed by atoms with van der Waals surface area (Å²) >= 11 is 1.35. The van der Waals surface area contributed by atoms with Crippen LogP contribution in [-0.2, 0) is 4.79 Å². The third-order valence-electron chi connectivity index (χ3n) is 1.99. The van der Waals surface area contributed by atoms with Crippen molar-refractivity contribution < 1.29 is 4.79 Å². The van der Waals surface area contributed by atoms with Gasteiger partial charge in [0.1, 0.15) is 0 Å². The zero-order valence-electron chi connectivity index (χ0n) is 8.75. The van der Waals surface area contributed by atoms with Crippen molar-refractivity contribution in [2.24, 2.45) is 0 Å². The van der Waals surface area contributed by atoms with Gasteiger partial charge in [-0.15, -0.1) is 0 Å². The van der Waals surface area contributed by atoms with Gasteiger partial charge in [0.25, 0.3) is 0 Å². The fourth-order valence-electron chi connectivity index (χ4n) is 1.11. The second kappa shape index (κ2) is 5.86. The fraction of sp³-hybridized carbons (Fsp3) is 0.417. The average molecular weight is 208 g/mol. The normalized spacial score (nSPS) is 10.1. The number of thioether (sulfide) groups is 1. The van der Waals surface area contributed by atoms with Gasteiger partial charge in [0, 0.05) is 11.3 Å². The number of aryl methyl sites for hydroxylation is 1. The molecule has 14 heavy (non-hydrogen) atoms. The molecule has 0 amide bonds. The monoisotopic (exact) mass is 208 g/mol. The minimum Gasteiger partial charge on any atom is -0.287 e. The molecule has 0 aliphatic rings.